The van der Waals surface area contributed by atoms with Gasteiger partial charge in [-0.25, -0.2) is 0 Å². The smallest absolute Gasteiger partial charge is 0.253 e. The summed E-state index contributed by atoms with van der Waals surface area (Å²) in [5, 5.41) is 3.64. The van der Waals surface area contributed by atoms with Gasteiger partial charge >= 0.3 is 0 Å². The molecule has 0 spiro atoms. The maximum absolute atomic E-state index is 12.3. The molecule has 23 heavy (non-hydrogen) atoms. The molecule has 2 rings (SSSR count). The monoisotopic (exact) mass is 370 g/mol. The molecule has 0 unspecified atom stereocenters. The number of benzene rings is 2. The predicted octanol–water partition coefficient (Wildman–Crippen LogP) is 3.47. The number of halogens is 3. The Morgan fingerprint density at radius 1 is 0.957 bits per heavy atom. The van der Waals surface area contributed by atoms with E-state index in [1.807, 2.05) is 0 Å². The van der Waals surface area contributed by atoms with E-state index in [-0.39, 0.29) is 17.0 Å². The number of rotatable bonds is 5. The topological polar surface area (TPSA) is 72.2 Å². The van der Waals surface area contributed by atoms with Gasteiger partial charge in [0.25, 0.3) is 5.91 Å². The van der Waals surface area contributed by atoms with E-state index in [9.17, 15) is 9.59 Å². The lowest BCUT2D eigenvalue weighted by molar-refractivity contribution is -0.119. The zero-order valence-corrected chi connectivity index (χ0v) is 14.1. The second-order valence-corrected chi connectivity index (χ2v) is 6.03. The molecule has 2 aromatic carbocycles. The third kappa shape index (κ3) is 4.38. The van der Waals surface area contributed by atoms with Crippen molar-refractivity contribution in [1.82, 2.24) is 5.32 Å². The first-order valence-corrected chi connectivity index (χ1v) is 7.81. The highest BCUT2D eigenvalue weighted by Gasteiger charge is 2.22. The first kappa shape index (κ1) is 17.6. The van der Waals surface area contributed by atoms with Gasteiger partial charge in [-0.05, 0) is 29.8 Å². The van der Waals surface area contributed by atoms with Crippen molar-refractivity contribution in [3.05, 3.63) is 68.7 Å². The Bertz CT molecular complexity index is 730. The fourth-order valence-corrected chi connectivity index (χ4v) is 2.81. The molecule has 0 saturated carbocycles. The number of carbonyl (C=O) groups excluding carboxylic acids is 2. The van der Waals surface area contributed by atoms with Gasteiger partial charge in [0.1, 0.15) is 6.04 Å². The van der Waals surface area contributed by atoms with E-state index in [0.29, 0.717) is 15.6 Å². The Morgan fingerprint density at radius 2 is 1.52 bits per heavy atom. The average Bonchev–Trinajstić information content (AvgIpc) is 2.50. The second-order valence-electron chi connectivity index (χ2n) is 4.81. The van der Waals surface area contributed by atoms with Crippen LogP contribution in [0, 0.1) is 0 Å². The van der Waals surface area contributed by atoms with Crippen molar-refractivity contribution >= 4 is 46.6 Å². The summed E-state index contributed by atoms with van der Waals surface area (Å²) < 4.78 is 0. The van der Waals surface area contributed by atoms with Crippen LogP contribution in [0.5, 0.6) is 0 Å². The standard InChI is InChI=1S/C16H13Cl3N2O2/c17-11-5-2-1-4-9(11)16(23)21-14(15(20)22)8-10-12(18)6-3-7-13(10)19/h1-7,14H,8H2,(H2,20,22)(H,21,23)/t14-/m0/s1. The summed E-state index contributed by atoms with van der Waals surface area (Å²) in [5.74, 6) is -1.19. The fraction of sp³-hybridized carbons (Fsp3) is 0.125. The van der Waals surface area contributed by atoms with Crippen molar-refractivity contribution in [3.63, 3.8) is 0 Å². The SMILES string of the molecule is NC(=O)[C@H](Cc1c(Cl)cccc1Cl)NC(=O)c1ccccc1Cl. The average molecular weight is 372 g/mol. The Labute approximate surface area is 148 Å². The van der Waals surface area contributed by atoms with Crippen molar-refractivity contribution in [2.45, 2.75) is 12.5 Å². The first-order valence-electron chi connectivity index (χ1n) is 6.67. The summed E-state index contributed by atoms with van der Waals surface area (Å²) in [4.78, 5) is 23.9. The molecule has 0 heterocycles. The Balaban J connectivity index is 2.22. The summed E-state index contributed by atoms with van der Waals surface area (Å²) in [7, 11) is 0. The van der Waals surface area contributed by atoms with Gasteiger partial charge in [0, 0.05) is 16.5 Å². The molecule has 2 amide bonds. The number of primary amides is 1. The first-order chi connectivity index (χ1) is 10.9. The molecule has 0 aliphatic heterocycles. The Hall–Kier alpha value is -1.75. The van der Waals surface area contributed by atoms with Gasteiger partial charge in [0.05, 0.1) is 10.6 Å². The number of hydrogen-bond acceptors (Lipinski definition) is 2. The van der Waals surface area contributed by atoms with Crippen LogP contribution in [0.25, 0.3) is 0 Å². The predicted molar refractivity (Wildman–Crippen MR) is 92.1 cm³/mol. The highest BCUT2D eigenvalue weighted by molar-refractivity contribution is 6.36. The van der Waals surface area contributed by atoms with Gasteiger partial charge in [0.2, 0.25) is 5.91 Å². The molecular weight excluding hydrogens is 359 g/mol. The van der Waals surface area contributed by atoms with Crippen LogP contribution < -0.4 is 11.1 Å². The third-order valence-corrected chi connectivity index (χ3v) is 4.27. The van der Waals surface area contributed by atoms with Crippen molar-refractivity contribution in [3.8, 4) is 0 Å². The lowest BCUT2D eigenvalue weighted by Crippen LogP contribution is -2.46. The van der Waals surface area contributed by atoms with Gasteiger partial charge in [-0.15, -0.1) is 0 Å². The fourth-order valence-electron chi connectivity index (χ4n) is 2.04. The summed E-state index contributed by atoms with van der Waals surface area (Å²) >= 11 is 18.1. The minimum atomic E-state index is -0.962. The molecular formula is C16H13Cl3N2O2. The van der Waals surface area contributed by atoms with Gasteiger partial charge in [-0.2, -0.15) is 0 Å². The van der Waals surface area contributed by atoms with E-state index in [2.05, 4.69) is 5.32 Å². The van der Waals surface area contributed by atoms with Crippen molar-refractivity contribution in [2.75, 3.05) is 0 Å². The van der Waals surface area contributed by atoms with Crippen molar-refractivity contribution < 1.29 is 9.59 Å². The van der Waals surface area contributed by atoms with Crippen LogP contribution in [-0.4, -0.2) is 17.9 Å². The molecule has 0 aliphatic rings. The quantitative estimate of drug-likeness (QED) is 0.844. The van der Waals surface area contributed by atoms with E-state index >= 15 is 0 Å². The van der Waals surface area contributed by atoms with E-state index < -0.39 is 17.9 Å². The number of nitrogens with one attached hydrogen (secondary N) is 1. The maximum Gasteiger partial charge on any atom is 0.253 e. The largest absolute Gasteiger partial charge is 0.368 e. The van der Waals surface area contributed by atoms with Gasteiger partial charge in [-0.1, -0.05) is 53.0 Å². The Morgan fingerprint density at radius 3 is 2.09 bits per heavy atom. The molecule has 1 atom stereocenters. The number of amides is 2. The van der Waals surface area contributed by atoms with Crippen LogP contribution in [0.1, 0.15) is 15.9 Å². The molecule has 0 aliphatic carbocycles. The van der Waals surface area contributed by atoms with Crippen LogP contribution in [0.2, 0.25) is 15.1 Å². The zero-order chi connectivity index (χ0) is 17.0. The molecule has 0 aromatic heterocycles. The second kappa shape index (κ2) is 7.68. The minimum absolute atomic E-state index is 0.0873. The van der Waals surface area contributed by atoms with E-state index in [4.69, 9.17) is 40.5 Å². The number of hydrogen-bond donors (Lipinski definition) is 2. The van der Waals surface area contributed by atoms with Crippen molar-refractivity contribution in [1.29, 1.82) is 0 Å². The van der Waals surface area contributed by atoms with Crippen LogP contribution in [0.3, 0.4) is 0 Å². The van der Waals surface area contributed by atoms with Crippen LogP contribution in [-0.2, 0) is 11.2 Å². The molecule has 2 aromatic rings. The summed E-state index contributed by atoms with van der Waals surface area (Å²) in [6.07, 6.45) is 0.0873. The van der Waals surface area contributed by atoms with Crippen LogP contribution in [0.4, 0.5) is 0 Å². The highest BCUT2D eigenvalue weighted by atomic mass is 35.5. The maximum atomic E-state index is 12.3. The summed E-state index contributed by atoms with van der Waals surface area (Å²) in [5.41, 5.74) is 6.17. The van der Waals surface area contributed by atoms with Crippen LogP contribution in [0.15, 0.2) is 42.5 Å². The van der Waals surface area contributed by atoms with Gasteiger partial charge in [-0.3, -0.25) is 9.59 Å². The highest BCUT2D eigenvalue weighted by Crippen LogP contribution is 2.25. The molecule has 0 fully saturated rings. The lowest BCUT2D eigenvalue weighted by atomic mass is 10.0. The molecule has 120 valence electrons. The molecule has 7 heteroatoms. The zero-order valence-electron chi connectivity index (χ0n) is 11.9. The number of carbonyl (C=O) groups is 2. The number of nitrogens with two attached hydrogens (primary N) is 1. The minimum Gasteiger partial charge on any atom is -0.368 e. The molecule has 0 radical (unpaired) electrons. The van der Waals surface area contributed by atoms with Gasteiger partial charge in [0.15, 0.2) is 0 Å². The Kier molecular flexibility index (Phi) is 5.88. The van der Waals surface area contributed by atoms with Crippen molar-refractivity contribution in [2.24, 2.45) is 5.73 Å². The molecule has 0 saturated heterocycles. The third-order valence-electron chi connectivity index (χ3n) is 3.24. The molecule has 0 bridgehead atoms. The lowest BCUT2D eigenvalue weighted by Gasteiger charge is -2.17. The molecule has 3 N–H and O–H groups in total. The van der Waals surface area contributed by atoms with Crippen LogP contribution >= 0.6 is 34.8 Å². The van der Waals surface area contributed by atoms with E-state index in [1.54, 1.807) is 42.5 Å². The summed E-state index contributed by atoms with van der Waals surface area (Å²) in [6.45, 7) is 0. The van der Waals surface area contributed by atoms with Gasteiger partial charge < -0.3 is 11.1 Å². The van der Waals surface area contributed by atoms with E-state index in [1.165, 1.54) is 0 Å². The summed E-state index contributed by atoms with van der Waals surface area (Å²) in [6, 6.07) is 10.5. The van der Waals surface area contributed by atoms with E-state index in [0.717, 1.165) is 0 Å². The molecule has 4 nitrogen and oxygen atoms in total. The normalized spacial score (nSPS) is 11.8.